The van der Waals surface area contributed by atoms with Crippen LogP contribution in [0.15, 0.2) is 24.3 Å². The minimum absolute atomic E-state index is 0.490. The summed E-state index contributed by atoms with van der Waals surface area (Å²) in [6, 6.07) is 8.94. The molecule has 1 N–H and O–H groups in total. The molecule has 1 unspecified atom stereocenters. The molecule has 1 fully saturated rings. The smallest absolute Gasteiger partial charge is 0.119 e. The fraction of sp³-hybridized carbons (Fsp3) is 0.538. The first kappa shape index (κ1) is 11.4. The number of rotatable bonds is 3. The second kappa shape index (κ2) is 5.32. The van der Waals surface area contributed by atoms with Gasteiger partial charge in [-0.15, -0.1) is 0 Å². The van der Waals surface area contributed by atoms with Crippen molar-refractivity contribution in [2.45, 2.75) is 13.0 Å². The average Bonchev–Trinajstić information content (AvgIpc) is 2.31. The Balaban J connectivity index is 2.08. The fourth-order valence-electron chi connectivity index (χ4n) is 2.13. The Kier molecular flexibility index (Phi) is 3.80. The van der Waals surface area contributed by atoms with E-state index in [9.17, 15) is 0 Å². The van der Waals surface area contributed by atoms with E-state index in [1.54, 1.807) is 0 Å². The number of benzene rings is 1. The third-order valence-electron chi connectivity index (χ3n) is 3.09. The molecule has 1 aliphatic rings. The van der Waals surface area contributed by atoms with Gasteiger partial charge in [0.1, 0.15) is 5.75 Å². The molecule has 1 heterocycles. The van der Waals surface area contributed by atoms with Gasteiger partial charge in [0.15, 0.2) is 0 Å². The maximum absolute atomic E-state index is 5.45. The molecule has 0 amide bonds. The van der Waals surface area contributed by atoms with E-state index < -0.39 is 0 Å². The zero-order valence-corrected chi connectivity index (χ0v) is 10.1. The molecule has 1 aromatic carbocycles. The zero-order chi connectivity index (χ0) is 11.4. The first-order chi connectivity index (χ1) is 7.81. The number of hydrogen-bond acceptors (Lipinski definition) is 3. The minimum atomic E-state index is 0.490. The molecule has 88 valence electrons. The standard InChI is InChI=1S/C13H20N2O/c1-3-16-12-6-4-11(5-7-12)13-10-14-8-9-15(13)2/h4-7,13-14H,3,8-10H2,1-2H3. The molecule has 16 heavy (non-hydrogen) atoms. The molecule has 0 spiro atoms. The van der Waals surface area contributed by atoms with Crippen molar-refractivity contribution in [1.29, 1.82) is 0 Å². The molecule has 0 radical (unpaired) electrons. The Bertz CT molecular complexity index is 323. The van der Waals surface area contributed by atoms with Crippen molar-refractivity contribution in [3.05, 3.63) is 29.8 Å². The predicted octanol–water partition coefficient (Wildman–Crippen LogP) is 1.66. The molecular weight excluding hydrogens is 200 g/mol. The highest BCUT2D eigenvalue weighted by Crippen LogP contribution is 2.22. The quantitative estimate of drug-likeness (QED) is 0.838. The summed E-state index contributed by atoms with van der Waals surface area (Å²) in [6.45, 7) is 5.96. The summed E-state index contributed by atoms with van der Waals surface area (Å²) in [5.74, 6) is 0.956. The largest absolute Gasteiger partial charge is 0.494 e. The van der Waals surface area contributed by atoms with E-state index >= 15 is 0 Å². The highest BCUT2D eigenvalue weighted by Gasteiger charge is 2.19. The van der Waals surface area contributed by atoms with E-state index in [0.29, 0.717) is 6.04 Å². The normalized spacial score (nSPS) is 22.0. The SMILES string of the molecule is CCOc1ccc(C2CNCCN2C)cc1. The number of nitrogens with one attached hydrogen (secondary N) is 1. The Labute approximate surface area is 97.4 Å². The van der Waals surface area contributed by atoms with Gasteiger partial charge < -0.3 is 10.1 Å². The van der Waals surface area contributed by atoms with E-state index in [0.717, 1.165) is 32.0 Å². The van der Waals surface area contributed by atoms with E-state index in [-0.39, 0.29) is 0 Å². The van der Waals surface area contributed by atoms with Crippen LogP contribution < -0.4 is 10.1 Å². The van der Waals surface area contributed by atoms with E-state index in [1.807, 2.05) is 6.92 Å². The molecule has 0 aromatic heterocycles. The van der Waals surface area contributed by atoms with Gasteiger partial charge >= 0.3 is 0 Å². The molecular formula is C13H20N2O. The van der Waals surface area contributed by atoms with Gasteiger partial charge in [0, 0.05) is 25.7 Å². The van der Waals surface area contributed by atoms with Gasteiger partial charge in [-0.3, -0.25) is 4.90 Å². The first-order valence-corrected chi connectivity index (χ1v) is 5.95. The van der Waals surface area contributed by atoms with Gasteiger partial charge in [0.25, 0.3) is 0 Å². The van der Waals surface area contributed by atoms with Crippen LogP contribution in [0, 0.1) is 0 Å². The van der Waals surface area contributed by atoms with Crippen molar-refractivity contribution in [1.82, 2.24) is 10.2 Å². The van der Waals surface area contributed by atoms with Crippen LogP contribution in [0.1, 0.15) is 18.5 Å². The van der Waals surface area contributed by atoms with Crippen LogP contribution in [0.4, 0.5) is 0 Å². The summed E-state index contributed by atoms with van der Waals surface area (Å²) in [5.41, 5.74) is 1.36. The Morgan fingerprint density at radius 2 is 2.12 bits per heavy atom. The molecule has 1 aromatic rings. The van der Waals surface area contributed by atoms with Gasteiger partial charge in [-0.2, -0.15) is 0 Å². The lowest BCUT2D eigenvalue weighted by molar-refractivity contribution is 0.202. The van der Waals surface area contributed by atoms with Crippen molar-refractivity contribution >= 4 is 0 Å². The molecule has 0 saturated carbocycles. The van der Waals surface area contributed by atoms with Crippen LogP contribution in [0.25, 0.3) is 0 Å². The highest BCUT2D eigenvalue weighted by atomic mass is 16.5. The predicted molar refractivity (Wildman–Crippen MR) is 65.9 cm³/mol. The van der Waals surface area contributed by atoms with Crippen molar-refractivity contribution in [3.8, 4) is 5.75 Å². The van der Waals surface area contributed by atoms with Crippen molar-refractivity contribution in [2.75, 3.05) is 33.3 Å². The lowest BCUT2D eigenvalue weighted by Crippen LogP contribution is -2.43. The highest BCUT2D eigenvalue weighted by molar-refractivity contribution is 5.29. The molecule has 3 nitrogen and oxygen atoms in total. The second-order valence-electron chi connectivity index (χ2n) is 4.20. The van der Waals surface area contributed by atoms with Crippen LogP contribution in [-0.2, 0) is 0 Å². The van der Waals surface area contributed by atoms with Crippen LogP contribution in [0.5, 0.6) is 5.75 Å². The van der Waals surface area contributed by atoms with Gasteiger partial charge in [-0.1, -0.05) is 12.1 Å². The Hall–Kier alpha value is -1.06. The summed E-state index contributed by atoms with van der Waals surface area (Å²) in [6.07, 6.45) is 0. The Morgan fingerprint density at radius 1 is 1.38 bits per heavy atom. The summed E-state index contributed by atoms with van der Waals surface area (Å²) < 4.78 is 5.45. The minimum Gasteiger partial charge on any atom is -0.494 e. The average molecular weight is 220 g/mol. The van der Waals surface area contributed by atoms with Gasteiger partial charge in [-0.05, 0) is 31.7 Å². The zero-order valence-electron chi connectivity index (χ0n) is 10.1. The van der Waals surface area contributed by atoms with Crippen molar-refractivity contribution in [2.24, 2.45) is 0 Å². The monoisotopic (exact) mass is 220 g/mol. The van der Waals surface area contributed by atoms with E-state index in [1.165, 1.54) is 5.56 Å². The lowest BCUT2D eigenvalue weighted by Gasteiger charge is -2.33. The number of ether oxygens (including phenoxy) is 1. The summed E-state index contributed by atoms with van der Waals surface area (Å²) in [4.78, 5) is 2.40. The molecule has 0 bridgehead atoms. The van der Waals surface area contributed by atoms with Crippen LogP contribution in [0.2, 0.25) is 0 Å². The molecule has 0 aliphatic carbocycles. The van der Waals surface area contributed by atoms with Gasteiger partial charge in [0.05, 0.1) is 6.61 Å². The number of piperazine rings is 1. The third kappa shape index (κ3) is 2.54. The maximum Gasteiger partial charge on any atom is 0.119 e. The summed E-state index contributed by atoms with van der Waals surface area (Å²) in [5, 5.41) is 3.43. The van der Waals surface area contributed by atoms with Crippen LogP contribution in [0.3, 0.4) is 0 Å². The number of likely N-dealkylation sites (N-methyl/N-ethyl adjacent to an activating group) is 1. The Morgan fingerprint density at radius 3 is 2.75 bits per heavy atom. The van der Waals surface area contributed by atoms with Gasteiger partial charge in [-0.25, -0.2) is 0 Å². The third-order valence-corrected chi connectivity index (χ3v) is 3.09. The number of hydrogen-bond donors (Lipinski definition) is 1. The lowest BCUT2D eigenvalue weighted by atomic mass is 10.0. The molecule has 1 saturated heterocycles. The molecule has 3 heteroatoms. The van der Waals surface area contributed by atoms with Gasteiger partial charge in [0.2, 0.25) is 0 Å². The summed E-state index contributed by atoms with van der Waals surface area (Å²) in [7, 11) is 2.18. The maximum atomic E-state index is 5.45. The van der Waals surface area contributed by atoms with Crippen molar-refractivity contribution < 1.29 is 4.74 Å². The van der Waals surface area contributed by atoms with Crippen molar-refractivity contribution in [3.63, 3.8) is 0 Å². The number of nitrogens with zero attached hydrogens (tertiary/aromatic N) is 1. The summed E-state index contributed by atoms with van der Waals surface area (Å²) >= 11 is 0. The van der Waals surface area contributed by atoms with E-state index in [2.05, 4.69) is 41.5 Å². The van der Waals surface area contributed by atoms with Crippen LogP contribution >= 0.6 is 0 Å². The topological polar surface area (TPSA) is 24.5 Å². The first-order valence-electron chi connectivity index (χ1n) is 5.95. The van der Waals surface area contributed by atoms with Crippen LogP contribution in [-0.4, -0.2) is 38.2 Å². The fourth-order valence-corrected chi connectivity index (χ4v) is 2.13. The molecule has 2 rings (SSSR count). The molecule has 1 atom stereocenters. The molecule has 1 aliphatic heterocycles. The second-order valence-corrected chi connectivity index (χ2v) is 4.20. The van der Waals surface area contributed by atoms with E-state index in [4.69, 9.17) is 4.74 Å².